The lowest BCUT2D eigenvalue weighted by atomic mass is 9.96. The number of nitrogens with zero attached hydrogens (tertiary/aromatic N) is 2. The maximum Gasteiger partial charge on any atom is 0.259 e. The molecule has 0 aliphatic carbocycles. The van der Waals surface area contributed by atoms with Crippen LogP contribution in [0, 0.1) is 11.3 Å². The fourth-order valence-corrected chi connectivity index (χ4v) is 3.17. The van der Waals surface area contributed by atoms with Gasteiger partial charge in [-0.3, -0.25) is 9.69 Å². The average Bonchev–Trinajstić information content (AvgIpc) is 2.67. The van der Waals surface area contributed by atoms with Gasteiger partial charge in [-0.15, -0.1) is 0 Å². The summed E-state index contributed by atoms with van der Waals surface area (Å²) in [5.74, 6) is -0.141. The number of rotatable bonds is 5. The molecule has 3 nitrogen and oxygen atoms in total. The summed E-state index contributed by atoms with van der Waals surface area (Å²) in [6.07, 6.45) is 8.25. The van der Waals surface area contributed by atoms with E-state index in [1.807, 2.05) is 54.6 Å². The molecule has 1 atom stereocenters. The number of carbonyl (C=O) groups excluding carboxylic acids is 1. The van der Waals surface area contributed by atoms with Crippen molar-refractivity contribution in [2.45, 2.75) is 38.6 Å². The molecule has 1 aliphatic heterocycles. The minimum Gasteiger partial charge on any atom is -0.294 e. The number of unbranched alkanes of at least 4 members (excludes halogenated alkanes) is 2. The molecule has 0 radical (unpaired) electrons. The van der Waals surface area contributed by atoms with Crippen molar-refractivity contribution in [2.75, 3.05) is 0 Å². The first kappa shape index (κ1) is 17.0. The van der Waals surface area contributed by atoms with Crippen molar-refractivity contribution in [3.05, 3.63) is 77.0 Å². The Hall–Kier alpha value is -2.86. The van der Waals surface area contributed by atoms with Crippen molar-refractivity contribution in [3.8, 4) is 6.07 Å². The highest BCUT2D eigenvalue weighted by molar-refractivity contribution is 5.96. The van der Waals surface area contributed by atoms with E-state index < -0.39 is 6.04 Å². The van der Waals surface area contributed by atoms with E-state index in [1.165, 1.54) is 29.7 Å². The summed E-state index contributed by atoms with van der Waals surface area (Å²) in [5, 5.41) is 9.59. The third kappa shape index (κ3) is 3.64. The normalized spacial score (nSPS) is 15.5. The van der Waals surface area contributed by atoms with Crippen molar-refractivity contribution < 1.29 is 4.79 Å². The van der Waals surface area contributed by atoms with E-state index in [9.17, 15) is 10.1 Å². The first-order valence-electron chi connectivity index (χ1n) is 8.83. The van der Waals surface area contributed by atoms with E-state index in [4.69, 9.17) is 0 Å². The number of nitriles is 1. The lowest BCUT2D eigenvalue weighted by Crippen LogP contribution is -2.31. The zero-order valence-corrected chi connectivity index (χ0v) is 14.5. The van der Waals surface area contributed by atoms with Gasteiger partial charge in [-0.2, -0.15) is 5.26 Å². The van der Waals surface area contributed by atoms with E-state index in [0.29, 0.717) is 5.56 Å². The predicted octanol–water partition coefficient (Wildman–Crippen LogP) is 5.11. The van der Waals surface area contributed by atoms with E-state index in [0.717, 1.165) is 17.5 Å². The molecule has 3 heteroatoms. The Balaban J connectivity index is 1.78. The Morgan fingerprint density at radius 1 is 1.12 bits per heavy atom. The summed E-state index contributed by atoms with van der Waals surface area (Å²) in [6.45, 7) is 2.19. The highest BCUT2D eigenvalue weighted by Gasteiger charge is 2.28. The van der Waals surface area contributed by atoms with Crippen LogP contribution in [0.15, 0.2) is 54.7 Å². The van der Waals surface area contributed by atoms with Gasteiger partial charge in [0.1, 0.15) is 6.04 Å². The van der Waals surface area contributed by atoms with E-state index in [-0.39, 0.29) is 5.91 Å². The smallest absolute Gasteiger partial charge is 0.259 e. The minimum absolute atomic E-state index is 0.141. The zero-order chi connectivity index (χ0) is 17.6. The van der Waals surface area contributed by atoms with Crippen LogP contribution in [0.25, 0.3) is 6.08 Å². The van der Waals surface area contributed by atoms with Gasteiger partial charge in [0, 0.05) is 11.8 Å². The second-order valence-electron chi connectivity index (χ2n) is 6.34. The van der Waals surface area contributed by atoms with Gasteiger partial charge < -0.3 is 0 Å². The van der Waals surface area contributed by atoms with Crippen molar-refractivity contribution >= 4 is 12.0 Å². The maximum absolute atomic E-state index is 12.9. The van der Waals surface area contributed by atoms with Gasteiger partial charge in [-0.05, 0) is 47.7 Å². The number of hydrogen-bond acceptors (Lipinski definition) is 2. The second kappa shape index (κ2) is 7.81. The first-order valence-corrected chi connectivity index (χ1v) is 8.83. The highest BCUT2D eigenvalue weighted by atomic mass is 16.2. The molecular formula is C22H22N2O. The van der Waals surface area contributed by atoms with Gasteiger partial charge in [0.2, 0.25) is 0 Å². The summed E-state index contributed by atoms with van der Waals surface area (Å²) < 4.78 is 0. The van der Waals surface area contributed by atoms with Crippen molar-refractivity contribution in [1.29, 1.82) is 5.26 Å². The van der Waals surface area contributed by atoms with Gasteiger partial charge in [-0.25, -0.2) is 0 Å². The van der Waals surface area contributed by atoms with Crippen LogP contribution in [0.4, 0.5) is 0 Å². The molecule has 2 aromatic rings. The van der Waals surface area contributed by atoms with Crippen LogP contribution in [-0.2, 0) is 6.42 Å². The summed E-state index contributed by atoms with van der Waals surface area (Å²) in [7, 11) is 0. The fourth-order valence-electron chi connectivity index (χ4n) is 3.17. The topological polar surface area (TPSA) is 44.1 Å². The molecule has 1 amide bonds. The summed E-state index contributed by atoms with van der Waals surface area (Å²) in [5.41, 5.74) is 3.73. The SMILES string of the molecule is CCCCCc1ccc(C(=O)N2C=Cc3ccccc3[C@@H]2C#N)cc1. The largest absolute Gasteiger partial charge is 0.294 e. The fraction of sp³-hybridized carbons (Fsp3) is 0.273. The van der Waals surface area contributed by atoms with Gasteiger partial charge in [0.15, 0.2) is 0 Å². The summed E-state index contributed by atoms with van der Waals surface area (Å²) >= 11 is 0. The van der Waals surface area contributed by atoms with Crippen LogP contribution >= 0.6 is 0 Å². The van der Waals surface area contributed by atoms with Gasteiger partial charge in [0.25, 0.3) is 5.91 Å². The molecule has 25 heavy (non-hydrogen) atoms. The Labute approximate surface area is 149 Å². The quantitative estimate of drug-likeness (QED) is 0.715. The number of amides is 1. The molecule has 3 rings (SSSR count). The summed E-state index contributed by atoms with van der Waals surface area (Å²) in [4.78, 5) is 14.4. The third-order valence-electron chi connectivity index (χ3n) is 4.61. The Kier molecular flexibility index (Phi) is 5.30. The highest BCUT2D eigenvalue weighted by Crippen LogP contribution is 2.30. The molecule has 0 aromatic heterocycles. The van der Waals surface area contributed by atoms with Crippen LogP contribution in [0.5, 0.6) is 0 Å². The minimum atomic E-state index is -0.585. The monoisotopic (exact) mass is 330 g/mol. The molecule has 0 saturated heterocycles. The molecule has 2 aromatic carbocycles. The molecule has 1 heterocycles. The first-order chi connectivity index (χ1) is 12.2. The van der Waals surface area contributed by atoms with Crippen LogP contribution < -0.4 is 0 Å². The maximum atomic E-state index is 12.9. The standard InChI is InChI=1S/C22H22N2O/c1-2-3-4-7-17-10-12-19(13-11-17)22(25)24-15-14-18-8-5-6-9-20(18)21(24)16-23/h5-6,8-15,21H,2-4,7H2,1H3/t21-/m0/s1. The Morgan fingerprint density at radius 2 is 1.88 bits per heavy atom. The number of hydrogen-bond donors (Lipinski definition) is 0. The number of benzene rings is 2. The molecule has 0 bridgehead atoms. The average molecular weight is 330 g/mol. The zero-order valence-electron chi connectivity index (χ0n) is 14.5. The van der Waals surface area contributed by atoms with Gasteiger partial charge in [0.05, 0.1) is 6.07 Å². The van der Waals surface area contributed by atoms with Gasteiger partial charge in [-0.1, -0.05) is 56.2 Å². The van der Waals surface area contributed by atoms with Crippen molar-refractivity contribution in [3.63, 3.8) is 0 Å². The van der Waals surface area contributed by atoms with Gasteiger partial charge >= 0.3 is 0 Å². The molecule has 0 N–H and O–H groups in total. The number of fused-ring (bicyclic) bond motifs is 1. The van der Waals surface area contributed by atoms with Crippen LogP contribution in [0.3, 0.4) is 0 Å². The number of aryl methyl sites for hydroxylation is 1. The van der Waals surface area contributed by atoms with Crippen LogP contribution in [0.1, 0.15) is 59.3 Å². The second-order valence-corrected chi connectivity index (χ2v) is 6.34. The van der Waals surface area contributed by atoms with Crippen molar-refractivity contribution in [2.24, 2.45) is 0 Å². The van der Waals surface area contributed by atoms with Crippen LogP contribution in [-0.4, -0.2) is 10.8 Å². The molecule has 0 saturated carbocycles. The van der Waals surface area contributed by atoms with E-state index in [1.54, 1.807) is 6.20 Å². The number of carbonyl (C=O) groups is 1. The third-order valence-corrected chi connectivity index (χ3v) is 4.61. The molecule has 0 spiro atoms. The van der Waals surface area contributed by atoms with E-state index >= 15 is 0 Å². The summed E-state index contributed by atoms with van der Waals surface area (Å²) in [6, 6.07) is 17.2. The van der Waals surface area contributed by atoms with E-state index in [2.05, 4.69) is 13.0 Å². The molecule has 1 aliphatic rings. The Bertz CT molecular complexity index is 815. The molecule has 0 unspecified atom stereocenters. The van der Waals surface area contributed by atoms with Crippen LogP contribution in [0.2, 0.25) is 0 Å². The molecular weight excluding hydrogens is 308 g/mol. The molecule has 0 fully saturated rings. The predicted molar refractivity (Wildman–Crippen MR) is 99.7 cm³/mol. The lowest BCUT2D eigenvalue weighted by Gasteiger charge is -2.28. The van der Waals surface area contributed by atoms with Crippen molar-refractivity contribution in [1.82, 2.24) is 4.90 Å². The lowest BCUT2D eigenvalue weighted by molar-refractivity contribution is 0.0794. The Morgan fingerprint density at radius 3 is 2.60 bits per heavy atom. The molecule has 126 valence electrons.